The molecular formula is C37H45ClF3N7O5S. The van der Waals surface area contributed by atoms with Crippen LogP contribution in [-0.2, 0) is 25.8 Å². The second-order valence-corrected chi connectivity index (χ2v) is 17.1. The Labute approximate surface area is 317 Å². The van der Waals surface area contributed by atoms with Crippen LogP contribution in [-0.4, -0.2) is 73.6 Å². The number of hydrogen-bond donors (Lipinski definition) is 4. The van der Waals surface area contributed by atoms with E-state index in [1.54, 1.807) is 13.8 Å². The average molecular weight is 792 g/mol. The molecule has 0 radical (unpaired) electrons. The van der Waals surface area contributed by atoms with Crippen LogP contribution in [0.4, 0.5) is 36.3 Å². The Bertz CT molecular complexity index is 2010. The van der Waals surface area contributed by atoms with Crippen molar-refractivity contribution < 1.29 is 36.3 Å². The lowest BCUT2D eigenvalue weighted by Gasteiger charge is -2.38. The number of carbonyl (C=O) groups excluding carboxylic acids is 2. The van der Waals surface area contributed by atoms with Crippen molar-refractivity contribution in [2.24, 2.45) is 5.92 Å². The van der Waals surface area contributed by atoms with Crippen LogP contribution >= 0.6 is 11.6 Å². The van der Waals surface area contributed by atoms with Gasteiger partial charge in [-0.1, -0.05) is 17.7 Å². The summed E-state index contributed by atoms with van der Waals surface area (Å²) >= 11 is 6.59. The number of benzene rings is 2. The highest BCUT2D eigenvalue weighted by atomic mass is 35.5. The second kappa shape index (κ2) is 15.6. The summed E-state index contributed by atoms with van der Waals surface area (Å²) in [4.78, 5) is 35.6. The van der Waals surface area contributed by atoms with Crippen LogP contribution in [0.15, 0.2) is 47.5 Å². The molecule has 1 aromatic heterocycles. The molecule has 1 saturated carbocycles. The molecule has 2 saturated heterocycles. The number of aromatic nitrogens is 2. The summed E-state index contributed by atoms with van der Waals surface area (Å²) in [5, 5.41) is 16.3. The minimum Gasteiger partial charge on any atom is -0.388 e. The maximum atomic E-state index is 13.9. The lowest BCUT2D eigenvalue weighted by Crippen LogP contribution is -2.47. The molecular weight excluding hydrogens is 747 g/mol. The SMILES string of the molecule is Cc1cc(S(=O)(=O)NC2CCC(CN(C)c3ccc(C4CCC(=O)NC4=O)c(Cl)c3)CC2)ccc1Nc1ncc(C(F)(F)F)c(N2CCC[C@](C)(O)C2)n1. The number of alkyl halides is 3. The van der Waals surface area contributed by atoms with Gasteiger partial charge in [0.15, 0.2) is 0 Å². The molecule has 0 bridgehead atoms. The van der Waals surface area contributed by atoms with Gasteiger partial charge in [0.1, 0.15) is 11.4 Å². The molecule has 6 rings (SSSR count). The molecule has 2 aliphatic heterocycles. The van der Waals surface area contributed by atoms with Crippen LogP contribution < -0.4 is 25.2 Å². The third kappa shape index (κ3) is 9.27. The molecule has 3 aliphatic rings. The van der Waals surface area contributed by atoms with Gasteiger partial charge in [-0.25, -0.2) is 18.1 Å². The molecule has 17 heteroatoms. The number of imide groups is 1. The van der Waals surface area contributed by atoms with Crippen molar-refractivity contribution >= 4 is 56.6 Å². The highest BCUT2D eigenvalue weighted by molar-refractivity contribution is 7.89. The third-order valence-electron chi connectivity index (χ3n) is 10.5. The number of sulfonamides is 1. The van der Waals surface area contributed by atoms with Gasteiger partial charge in [0.25, 0.3) is 0 Å². The second-order valence-electron chi connectivity index (χ2n) is 15.0. The highest BCUT2D eigenvalue weighted by Crippen LogP contribution is 2.38. The summed E-state index contributed by atoms with van der Waals surface area (Å²) in [5.74, 6) is -1.16. The number of nitrogens with zero attached hydrogens (tertiary/aromatic N) is 4. The molecule has 2 amide bonds. The summed E-state index contributed by atoms with van der Waals surface area (Å²) in [5.41, 5.74) is 0.392. The molecule has 12 nitrogen and oxygen atoms in total. The van der Waals surface area contributed by atoms with Crippen LogP contribution in [0.25, 0.3) is 0 Å². The lowest BCUT2D eigenvalue weighted by molar-refractivity contribution is -0.138. The monoisotopic (exact) mass is 791 g/mol. The van der Waals surface area contributed by atoms with Crippen LogP contribution in [0.3, 0.4) is 0 Å². The number of nitrogens with one attached hydrogen (secondary N) is 3. The number of halogens is 4. The van der Waals surface area contributed by atoms with Crippen LogP contribution in [0, 0.1) is 12.8 Å². The van der Waals surface area contributed by atoms with Crippen molar-refractivity contribution in [3.05, 3.63) is 64.3 Å². The zero-order chi connectivity index (χ0) is 39.0. The summed E-state index contributed by atoms with van der Waals surface area (Å²) in [6.45, 7) is 4.30. The number of piperidine rings is 2. The fourth-order valence-corrected chi connectivity index (χ4v) is 9.30. The molecule has 4 N–H and O–H groups in total. The predicted molar refractivity (Wildman–Crippen MR) is 199 cm³/mol. The maximum Gasteiger partial charge on any atom is 0.421 e. The maximum absolute atomic E-state index is 13.9. The number of rotatable bonds is 10. The molecule has 0 spiro atoms. The van der Waals surface area contributed by atoms with Crippen LogP contribution in [0.1, 0.15) is 80.9 Å². The standard InChI is InChI=1S/C37H45ClF3N7O5S/c1-22-17-26(10-13-31(22)43-35-42-19-29(37(39,40)41)33(45-35)48-16-4-15-36(2,51)21-48)54(52,53)46-24-7-5-23(6-8-24)20-47(3)25-9-11-27(30(38)18-25)28-12-14-32(49)44-34(28)50/h9-11,13,17-19,23-24,28,46,51H,4-8,12,14-16,20-21H2,1-3H3,(H,42,43,45)(H,44,49,50)/t23?,24?,28?,36-/m0/s1. The number of β-amino-alcohol motifs (C(OH)–C–C–N with tert-alkyl or cyclic N) is 1. The van der Waals surface area contributed by atoms with E-state index in [1.165, 1.54) is 23.1 Å². The molecule has 292 valence electrons. The Morgan fingerprint density at radius 3 is 2.50 bits per heavy atom. The van der Waals surface area contributed by atoms with E-state index < -0.39 is 33.3 Å². The Balaban J connectivity index is 1.04. The van der Waals surface area contributed by atoms with Gasteiger partial charge in [-0.2, -0.15) is 18.2 Å². The minimum atomic E-state index is -4.70. The Kier molecular flexibility index (Phi) is 11.5. The zero-order valence-electron chi connectivity index (χ0n) is 30.3. The average Bonchev–Trinajstić information content (AvgIpc) is 3.09. The van der Waals surface area contributed by atoms with Crippen molar-refractivity contribution in [2.45, 2.75) is 93.8 Å². The summed E-state index contributed by atoms with van der Waals surface area (Å²) in [7, 11) is -1.90. The number of amides is 2. The molecule has 1 unspecified atom stereocenters. The smallest absolute Gasteiger partial charge is 0.388 e. The number of hydrogen-bond acceptors (Lipinski definition) is 10. The molecule has 3 aromatic rings. The number of anilines is 4. The van der Waals surface area contributed by atoms with Gasteiger partial charge in [-0.15, -0.1) is 0 Å². The largest absolute Gasteiger partial charge is 0.421 e. The molecule has 1 aliphatic carbocycles. The van der Waals surface area contributed by atoms with E-state index in [-0.39, 0.29) is 47.5 Å². The Morgan fingerprint density at radius 1 is 1.11 bits per heavy atom. The molecule has 54 heavy (non-hydrogen) atoms. The van der Waals surface area contributed by atoms with Gasteiger partial charge < -0.3 is 20.2 Å². The fraction of sp³-hybridized carbons (Fsp3) is 0.514. The highest BCUT2D eigenvalue weighted by Gasteiger charge is 2.39. The molecule has 2 atom stereocenters. The first kappa shape index (κ1) is 39.7. The van der Waals surface area contributed by atoms with Crippen LogP contribution in [0.2, 0.25) is 5.02 Å². The van der Waals surface area contributed by atoms with Gasteiger partial charge in [0, 0.05) is 61.7 Å². The minimum absolute atomic E-state index is 0.0107. The van der Waals surface area contributed by atoms with Crippen molar-refractivity contribution in [3.63, 3.8) is 0 Å². The number of aliphatic hydroxyl groups is 1. The molecule has 2 aromatic carbocycles. The van der Waals surface area contributed by atoms with E-state index in [0.717, 1.165) is 31.3 Å². The quantitative estimate of drug-likeness (QED) is 0.179. The topological polar surface area (TPSA) is 157 Å². The van der Waals surface area contributed by atoms with Crippen molar-refractivity contribution in [1.29, 1.82) is 0 Å². The van der Waals surface area contributed by atoms with E-state index in [2.05, 4.69) is 30.2 Å². The van der Waals surface area contributed by atoms with Gasteiger partial charge in [-0.05, 0) is 106 Å². The van der Waals surface area contributed by atoms with Crippen molar-refractivity contribution in [2.75, 3.05) is 41.8 Å². The first-order chi connectivity index (χ1) is 25.4. The molecule has 3 fully saturated rings. The van der Waals surface area contributed by atoms with Gasteiger partial charge in [0.05, 0.1) is 16.4 Å². The first-order valence-electron chi connectivity index (χ1n) is 18.0. The summed E-state index contributed by atoms with van der Waals surface area (Å²) in [6.07, 6.45) is 0.617. The zero-order valence-corrected chi connectivity index (χ0v) is 31.9. The van der Waals surface area contributed by atoms with Crippen LogP contribution in [0.5, 0.6) is 0 Å². The number of aryl methyl sites for hydroxylation is 1. The fourth-order valence-electron chi connectivity index (χ4n) is 7.61. The summed E-state index contributed by atoms with van der Waals surface area (Å²) in [6, 6.07) is 9.81. The van der Waals surface area contributed by atoms with Gasteiger partial charge in [0.2, 0.25) is 27.8 Å². The Morgan fingerprint density at radius 2 is 1.85 bits per heavy atom. The van der Waals surface area contributed by atoms with E-state index in [9.17, 15) is 36.3 Å². The van der Waals surface area contributed by atoms with E-state index in [1.807, 2.05) is 25.2 Å². The lowest BCUT2D eigenvalue weighted by atomic mass is 9.86. The van der Waals surface area contributed by atoms with E-state index in [0.29, 0.717) is 66.4 Å². The normalized spacial score (nSPS) is 23.9. The first-order valence-corrected chi connectivity index (χ1v) is 19.9. The van der Waals surface area contributed by atoms with Crippen molar-refractivity contribution in [1.82, 2.24) is 20.0 Å². The third-order valence-corrected chi connectivity index (χ3v) is 12.4. The van der Waals surface area contributed by atoms with Gasteiger partial charge in [-0.3, -0.25) is 14.9 Å². The van der Waals surface area contributed by atoms with E-state index in [4.69, 9.17) is 11.6 Å². The molecule has 3 heterocycles. The summed E-state index contributed by atoms with van der Waals surface area (Å²) < 4.78 is 71.4. The Hall–Kier alpha value is -3.99. The van der Waals surface area contributed by atoms with Gasteiger partial charge >= 0.3 is 6.18 Å². The number of carbonyl (C=O) groups is 2. The predicted octanol–water partition coefficient (Wildman–Crippen LogP) is 6.05. The van der Waals surface area contributed by atoms with E-state index >= 15 is 0 Å². The van der Waals surface area contributed by atoms with Crippen molar-refractivity contribution in [3.8, 4) is 0 Å².